The molecular formula is C13H18BrF2N. The van der Waals surface area contributed by atoms with E-state index in [9.17, 15) is 8.78 Å². The van der Waals surface area contributed by atoms with Gasteiger partial charge in [0.1, 0.15) is 11.6 Å². The van der Waals surface area contributed by atoms with Crippen LogP contribution < -0.4 is 0 Å². The standard InChI is InChI=1S/C13H18BrF2N/c1-17(8-4-2-3-7-14)10-11-9-12(15)5-6-13(11)16/h5-6,9H,2-4,7-8,10H2,1H3. The first-order valence-corrected chi connectivity index (χ1v) is 6.94. The molecule has 0 atom stereocenters. The molecule has 0 radical (unpaired) electrons. The van der Waals surface area contributed by atoms with Crippen molar-refractivity contribution in [1.29, 1.82) is 0 Å². The molecule has 1 aromatic carbocycles. The van der Waals surface area contributed by atoms with Gasteiger partial charge >= 0.3 is 0 Å². The van der Waals surface area contributed by atoms with Gasteiger partial charge < -0.3 is 4.90 Å². The lowest BCUT2D eigenvalue weighted by Gasteiger charge is -2.16. The van der Waals surface area contributed by atoms with Crippen LogP contribution in [0.15, 0.2) is 18.2 Å². The van der Waals surface area contributed by atoms with Gasteiger partial charge in [0, 0.05) is 17.4 Å². The van der Waals surface area contributed by atoms with Gasteiger partial charge in [0.2, 0.25) is 0 Å². The lowest BCUT2D eigenvalue weighted by atomic mass is 10.2. The van der Waals surface area contributed by atoms with Gasteiger partial charge in [-0.3, -0.25) is 0 Å². The Balaban J connectivity index is 2.39. The molecule has 0 saturated carbocycles. The van der Waals surface area contributed by atoms with Crippen molar-refractivity contribution in [2.24, 2.45) is 0 Å². The van der Waals surface area contributed by atoms with Crippen LogP contribution in [-0.2, 0) is 6.54 Å². The number of halogens is 3. The van der Waals surface area contributed by atoms with Crippen LogP contribution in [0.1, 0.15) is 24.8 Å². The van der Waals surface area contributed by atoms with E-state index in [1.54, 1.807) is 0 Å². The lowest BCUT2D eigenvalue weighted by molar-refractivity contribution is 0.312. The van der Waals surface area contributed by atoms with E-state index in [2.05, 4.69) is 15.9 Å². The SMILES string of the molecule is CN(CCCCCBr)Cc1cc(F)ccc1F. The summed E-state index contributed by atoms with van der Waals surface area (Å²) in [4.78, 5) is 2.02. The topological polar surface area (TPSA) is 3.24 Å². The van der Waals surface area contributed by atoms with Crippen LogP contribution in [0.5, 0.6) is 0 Å². The Morgan fingerprint density at radius 3 is 2.65 bits per heavy atom. The van der Waals surface area contributed by atoms with Crippen LogP contribution in [0.2, 0.25) is 0 Å². The largest absolute Gasteiger partial charge is 0.302 e. The molecule has 0 aliphatic rings. The smallest absolute Gasteiger partial charge is 0.127 e. The van der Waals surface area contributed by atoms with Crippen molar-refractivity contribution < 1.29 is 8.78 Å². The molecule has 1 rings (SSSR count). The van der Waals surface area contributed by atoms with E-state index >= 15 is 0 Å². The third-order valence-electron chi connectivity index (χ3n) is 2.62. The Kier molecular flexibility index (Phi) is 6.66. The predicted octanol–water partition coefficient (Wildman–Crippen LogP) is 3.96. The average Bonchev–Trinajstić information content (AvgIpc) is 2.29. The second-order valence-electron chi connectivity index (χ2n) is 4.22. The summed E-state index contributed by atoms with van der Waals surface area (Å²) in [5, 5.41) is 1.02. The van der Waals surface area contributed by atoms with Crippen LogP contribution >= 0.6 is 15.9 Å². The summed E-state index contributed by atoms with van der Waals surface area (Å²) in [6.07, 6.45) is 3.39. The molecule has 0 saturated heterocycles. The number of alkyl halides is 1. The fourth-order valence-electron chi connectivity index (χ4n) is 1.69. The highest BCUT2D eigenvalue weighted by atomic mass is 79.9. The van der Waals surface area contributed by atoms with E-state index in [-0.39, 0.29) is 11.6 Å². The Morgan fingerprint density at radius 1 is 1.18 bits per heavy atom. The molecule has 0 aromatic heterocycles. The quantitative estimate of drug-likeness (QED) is 0.544. The van der Waals surface area contributed by atoms with Crippen LogP contribution in [0.3, 0.4) is 0 Å². The van der Waals surface area contributed by atoms with Gasteiger partial charge in [0.25, 0.3) is 0 Å². The van der Waals surface area contributed by atoms with Gasteiger partial charge in [-0.25, -0.2) is 8.78 Å². The lowest BCUT2D eigenvalue weighted by Crippen LogP contribution is -2.20. The molecule has 1 aromatic rings. The molecule has 0 unspecified atom stereocenters. The van der Waals surface area contributed by atoms with Crippen molar-refractivity contribution in [3.63, 3.8) is 0 Å². The summed E-state index contributed by atoms with van der Waals surface area (Å²) in [6, 6.07) is 3.60. The van der Waals surface area contributed by atoms with Gasteiger partial charge in [0.05, 0.1) is 0 Å². The molecular weight excluding hydrogens is 288 g/mol. The van der Waals surface area contributed by atoms with Crippen molar-refractivity contribution in [2.75, 3.05) is 18.9 Å². The van der Waals surface area contributed by atoms with Crippen molar-refractivity contribution >= 4 is 15.9 Å². The first-order valence-electron chi connectivity index (χ1n) is 5.82. The van der Waals surface area contributed by atoms with E-state index in [1.165, 1.54) is 12.1 Å². The number of nitrogens with zero attached hydrogens (tertiary/aromatic N) is 1. The monoisotopic (exact) mass is 305 g/mol. The zero-order chi connectivity index (χ0) is 12.7. The Labute approximate surface area is 110 Å². The Morgan fingerprint density at radius 2 is 1.94 bits per heavy atom. The minimum absolute atomic E-state index is 0.335. The minimum atomic E-state index is -0.380. The van der Waals surface area contributed by atoms with Crippen molar-refractivity contribution in [3.8, 4) is 0 Å². The predicted molar refractivity (Wildman–Crippen MR) is 70.3 cm³/mol. The van der Waals surface area contributed by atoms with Crippen molar-refractivity contribution in [3.05, 3.63) is 35.4 Å². The van der Waals surface area contributed by atoms with Crippen LogP contribution in [0.25, 0.3) is 0 Å². The van der Waals surface area contributed by atoms with Crippen molar-refractivity contribution in [2.45, 2.75) is 25.8 Å². The van der Waals surface area contributed by atoms with Gasteiger partial charge in [-0.2, -0.15) is 0 Å². The zero-order valence-electron chi connectivity index (χ0n) is 10.1. The summed E-state index contributed by atoms with van der Waals surface area (Å²) < 4.78 is 26.3. The van der Waals surface area contributed by atoms with Gasteiger partial charge in [-0.1, -0.05) is 22.4 Å². The Hall–Kier alpha value is -0.480. The molecule has 0 bridgehead atoms. The number of hydrogen-bond donors (Lipinski definition) is 0. The molecule has 0 heterocycles. The van der Waals surface area contributed by atoms with E-state index in [4.69, 9.17) is 0 Å². The first kappa shape index (κ1) is 14.6. The molecule has 1 nitrogen and oxygen atoms in total. The third kappa shape index (κ3) is 5.59. The van der Waals surface area contributed by atoms with Gasteiger partial charge in [-0.05, 0) is 44.6 Å². The molecule has 0 spiro atoms. The maximum atomic E-state index is 13.4. The van der Waals surface area contributed by atoms with E-state index in [0.29, 0.717) is 12.1 Å². The summed E-state index contributed by atoms with van der Waals surface area (Å²) in [6.45, 7) is 1.36. The summed E-state index contributed by atoms with van der Waals surface area (Å²) in [5.74, 6) is -0.715. The summed E-state index contributed by atoms with van der Waals surface area (Å²) in [7, 11) is 1.93. The molecule has 0 aliphatic carbocycles. The van der Waals surface area contributed by atoms with Crippen LogP contribution in [0.4, 0.5) is 8.78 Å². The van der Waals surface area contributed by atoms with E-state index in [1.807, 2.05) is 11.9 Å². The molecule has 17 heavy (non-hydrogen) atoms. The molecule has 0 amide bonds. The maximum Gasteiger partial charge on any atom is 0.127 e. The normalized spacial score (nSPS) is 11.1. The first-order chi connectivity index (χ1) is 8.13. The zero-order valence-corrected chi connectivity index (χ0v) is 11.6. The van der Waals surface area contributed by atoms with Crippen molar-refractivity contribution in [1.82, 2.24) is 4.90 Å². The number of unbranched alkanes of at least 4 members (excludes halogenated alkanes) is 2. The third-order valence-corrected chi connectivity index (χ3v) is 3.18. The second kappa shape index (κ2) is 7.77. The number of benzene rings is 1. The minimum Gasteiger partial charge on any atom is -0.302 e. The number of hydrogen-bond acceptors (Lipinski definition) is 1. The highest BCUT2D eigenvalue weighted by Gasteiger charge is 2.06. The highest BCUT2D eigenvalue weighted by Crippen LogP contribution is 2.12. The Bertz CT molecular complexity index is 344. The van der Waals surface area contributed by atoms with Gasteiger partial charge in [-0.15, -0.1) is 0 Å². The fraction of sp³-hybridized carbons (Fsp3) is 0.538. The molecule has 0 fully saturated rings. The fourth-order valence-corrected chi connectivity index (χ4v) is 2.08. The maximum absolute atomic E-state index is 13.4. The molecule has 0 N–H and O–H groups in total. The van der Waals surface area contributed by atoms with Crippen LogP contribution in [-0.4, -0.2) is 23.8 Å². The highest BCUT2D eigenvalue weighted by molar-refractivity contribution is 9.09. The van der Waals surface area contributed by atoms with E-state index in [0.717, 1.165) is 37.2 Å². The molecule has 0 aliphatic heterocycles. The summed E-state index contributed by atoms with van der Waals surface area (Å²) >= 11 is 3.38. The number of rotatable bonds is 7. The molecule has 96 valence electrons. The average molecular weight is 306 g/mol. The molecule has 4 heteroatoms. The second-order valence-corrected chi connectivity index (χ2v) is 5.02. The van der Waals surface area contributed by atoms with Gasteiger partial charge in [0.15, 0.2) is 0 Å². The van der Waals surface area contributed by atoms with Crippen LogP contribution in [0, 0.1) is 11.6 Å². The summed E-state index contributed by atoms with van der Waals surface area (Å²) in [5.41, 5.74) is 0.424. The van der Waals surface area contributed by atoms with E-state index < -0.39 is 0 Å².